The van der Waals surface area contributed by atoms with Crippen LogP contribution in [0.1, 0.15) is 12.1 Å². The van der Waals surface area contributed by atoms with Crippen molar-refractivity contribution < 1.29 is 4.39 Å². The molecular formula is C14H13FN6. The van der Waals surface area contributed by atoms with E-state index in [-0.39, 0.29) is 17.6 Å². The molecule has 6 nitrogen and oxygen atoms in total. The molecule has 1 aliphatic heterocycles. The maximum absolute atomic E-state index is 13.7. The number of anilines is 2. The Bertz CT molecular complexity index is 666. The third-order valence-electron chi connectivity index (χ3n) is 3.35. The molecule has 1 aliphatic rings. The van der Waals surface area contributed by atoms with Gasteiger partial charge in [0.2, 0.25) is 0 Å². The molecule has 1 unspecified atom stereocenters. The molecule has 0 radical (unpaired) electrons. The zero-order valence-corrected chi connectivity index (χ0v) is 11.2. The van der Waals surface area contributed by atoms with Crippen molar-refractivity contribution in [2.24, 2.45) is 0 Å². The summed E-state index contributed by atoms with van der Waals surface area (Å²) in [4.78, 5) is 14.1. The molecule has 1 atom stereocenters. The van der Waals surface area contributed by atoms with Crippen LogP contribution < -0.4 is 10.2 Å². The van der Waals surface area contributed by atoms with E-state index in [0.29, 0.717) is 18.2 Å². The third-order valence-corrected chi connectivity index (χ3v) is 3.35. The third kappa shape index (κ3) is 2.89. The molecule has 0 amide bonds. The lowest BCUT2D eigenvalue weighted by atomic mass is 10.2. The average molecular weight is 284 g/mol. The minimum absolute atomic E-state index is 0.147. The van der Waals surface area contributed by atoms with Gasteiger partial charge in [-0.2, -0.15) is 5.26 Å². The van der Waals surface area contributed by atoms with Crippen molar-refractivity contribution in [2.45, 2.75) is 12.5 Å². The molecule has 1 fully saturated rings. The molecule has 0 bridgehead atoms. The van der Waals surface area contributed by atoms with Crippen molar-refractivity contribution in [1.29, 1.82) is 5.26 Å². The van der Waals surface area contributed by atoms with Crippen molar-refractivity contribution in [2.75, 3.05) is 23.3 Å². The van der Waals surface area contributed by atoms with E-state index in [1.165, 1.54) is 18.5 Å². The Balaban J connectivity index is 1.64. The lowest BCUT2D eigenvalue weighted by Gasteiger charge is -2.18. The fourth-order valence-electron chi connectivity index (χ4n) is 2.35. The Kier molecular flexibility index (Phi) is 3.60. The van der Waals surface area contributed by atoms with Crippen LogP contribution in [0.15, 0.2) is 30.7 Å². The van der Waals surface area contributed by atoms with Crippen LogP contribution in [0.3, 0.4) is 0 Å². The molecular weight excluding hydrogens is 271 g/mol. The van der Waals surface area contributed by atoms with Gasteiger partial charge in [0.25, 0.3) is 0 Å². The Morgan fingerprint density at radius 2 is 2.24 bits per heavy atom. The number of aromatic nitrogens is 3. The second-order valence-corrected chi connectivity index (χ2v) is 4.78. The zero-order valence-electron chi connectivity index (χ0n) is 11.2. The molecule has 106 valence electrons. The van der Waals surface area contributed by atoms with Crippen LogP contribution in [0, 0.1) is 17.1 Å². The first-order valence-electron chi connectivity index (χ1n) is 6.60. The van der Waals surface area contributed by atoms with E-state index in [2.05, 4.69) is 20.3 Å². The van der Waals surface area contributed by atoms with Gasteiger partial charge >= 0.3 is 0 Å². The molecule has 0 spiro atoms. The smallest absolute Gasteiger partial charge is 0.165 e. The number of rotatable bonds is 3. The number of pyridine rings is 1. The quantitative estimate of drug-likeness (QED) is 0.922. The summed E-state index contributed by atoms with van der Waals surface area (Å²) in [6, 6.07) is 5.06. The van der Waals surface area contributed by atoms with Gasteiger partial charge in [-0.1, -0.05) is 0 Å². The molecule has 0 saturated carbocycles. The Morgan fingerprint density at radius 1 is 1.33 bits per heavy atom. The molecule has 0 aromatic carbocycles. The van der Waals surface area contributed by atoms with E-state index in [1.807, 2.05) is 11.0 Å². The maximum atomic E-state index is 13.7. The standard InChI is InChI=1S/C14H13FN6/c15-12-2-1-4-17-14(12)21-5-3-10(9-21)20-13-8-18-11(6-16)7-19-13/h1-2,4,7-8,10H,3,5,9H2,(H,19,20). The van der Waals surface area contributed by atoms with Crippen LogP contribution in [0.2, 0.25) is 0 Å². The summed E-state index contributed by atoms with van der Waals surface area (Å²) < 4.78 is 13.7. The van der Waals surface area contributed by atoms with E-state index in [9.17, 15) is 4.39 Å². The van der Waals surface area contributed by atoms with Gasteiger partial charge in [0.15, 0.2) is 17.3 Å². The highest BCUT2D eigenvalue weighted by Gasteiger charge is 2.25. The van der Waals surface area contributed by atoms with Gasteiger partial charge in [-0.15, -0.1) is 0 Å². The first kappa shape index (κ1) is 13.2. The fourth-order valence-corrected chi connectivity index (χ4v) is 2.35. The van der Waals surface area contributed by atoms with Crippen molar-refractivity contribution in [3.05, 3.63) is 42.2 Å². The Hall–Kier alpha value is -2.75. The van der Waals surface area contributed by atoms with Crippen molar-refractivity contribution >= 4 is 11.6 Å². The van der Waals surface area contributed by atoms with Crippen LogP contribution in [0.4, 0.5) is 16.0 Å². The molecule has 1 saturated heterocycles. The van der Waals surface area contributed by atoms with E-state index < -0.39 is 0 Å². The van der Waals surface area contributed by atoms with Crippen LogP contribution in [0.5, 0.6) is 0 Å². The summed E-state index contributed by atoms with van der Waals surface area (Å²) in [6.07, 6.45) is 5.40. The minimum atomic E-state index is -0.309. The first-order chi connectivity index (χ1) is 10.3. The number of hydrogen-bond acceptors (Lipinski definition) is 6. The molecule has 2 aromatic heterocycles. The molecule has 2 aromatic rings. The van der Waals surface area contributed by atoms with Gasteiger partial charge in [0.05, 0.1) is 12.4 Å². The lowest BCUT2D eigenvalue weighted by Crippen LogP contribution is -2.27. The summed E-state index contributed by atoms with van der Waals surface area (Å²) in [5, 5.41) is 11.9. The molecule has 21 heavy (non-hydrogen) atoms. The maximum Gasteiger partial charge on any atom is 0.165 e. The normalized spacial score (nSPS) is 17.5. The largest absolute Gasteiger partial charge is 0.364 e. The molecule has 3 rings (SSSR count). The number of halogens is 1. The average Bonchev–Trinajstić information content (AvgIpc) is 2.97. The van der Waals surface area contributed by atoms with Gasteiger partial charge in [-0.25, -0.2) is 19.3 Å². The highest BCUT2D eigenvalue weighted by atomic mass is 19.1. The summed E-state index contributed by atoms with van der Waals surface area (Å²) >= 11 is 0. The van der Waals surface area contributed by atoms with E-state index in [0.717, 1.165) is 13.0 Å². The van der Waals surface area contributed by atoms with Crippen LogP contribution in [-0.4, -0.2) is 34.1 Å². The summed E-state index contributed by atoms with van der Waals surface area (Å²) in [5.74, 6) is 0.686. The Morgan fingerprint density at radius 3 is 2.95 bits per heavy atom. The molecule has 1 N–H and O–H groups in total. The zero-order chi connectivity index (χ0) is 14.7. The predicted molar refractivity (Wildman–Crippen MR) is 75.2 cm³/mol. The SMILES string of the molecule is N#Cc1cnc(NC2CCN(c3ncccc3F)C2)cn1. The molecule has 3 heterocycles. The number of nitriles is 1. The summed E-state index contributed by atoms with van der Waals surface area (Å²) in [7, 11) is 0. The lowest BCUT2D eigenvalue weighted by molar-refractivity contribution is 0.615. The first-order valence-corrected chi connectivity index (χ1v) is 6.60. The van der Waals surface area contributed by atoms with Crippen molar-refractivity contribution in [3.63, 3.8) is 0 Å². The van der Waals surface area contributed by atoms with E-state index in [1.54, 1.807) is 12.3 Å². The van der Waals surface area contributed by atoms with Crippen molar-refractivity contribution in [1.82, 2.24) is 15.0 Å². The Labute approximate surface area is 121 Å². The van der Waals surface area contributed by atoms with Gasteiger partial charge in [-0.05, 0) is 18.6 Å². The molecule has 0 aliphatic carbocycles. The molecule has 7 heteroatoms. The number of nitrogens with zero attached hydrogens (tertiary/aromatic N) is 5. The second kappa shape index (κ2) is 5.71. The summed E-state index contributed by atoms with van der Waals surface area (Å²) in [6.45, 7) is 1.38. The second-order valence-electron chi connectivity index (χ2n) is 4.78. The minimum Gasteiger partial charge on any atom is -0.364 e. The van der Waals surface area contributed by atoms with Crippen LogP contribution in [0.25, 0.3) is 0 Å². The predicted octanol–water partition coefficient (Wildman–Crippen LogP) is 1.57. The van der Waals surface area contributed by atoms with Crippen LogP contribution >= 0.6 is 0 Å². The van der Waals surface area contributed by atoms with Gasteiger partial charge < -0.3 is 10.2 Å². The number of nitrogens with one attached hydrogen (secondary N) is 1. The van der Waals surface area contributed by atoms with Gasteiger partial charge in [-0.3, -0.25) is 0 Å². The highest BCUT2D eigenvalue weighted by molar-refractivity contribution is 5.43. The fraction of sp³-hybridized carbons (Fsp3) is 0.286. The van der Waals surface area contributed by atoms with Crippen LogP contribution in [-0.2, 0) is 0 Å². The monoisotopic (exact) mass is 284 g/mol. The van der Waals surface area contributed by atoms with E-state index in [4.69, 9.17) is 5.26 Å². The topological polar surface area (TPSA) is 77.7 Å². The van der Waals surface area contributed by atoms with Gasteiger partial charge in [0.1, 0.15) is 11.9 Å². The van der Waals surface area contributed by atoms with E-state index >= 15 is 0 Å². The summed E-state index contributed by atoms with van der Waals surface area (Å²) in [5.41, 5.74) is 0.282. The highest BCUT2D eigenvalue weighted by Crippen LogP contribution is 2.22. The van der Waals surface area contributed by atoms with Gasteiger partial charge in [0, 0.05) is 25.3 Å². The number of hydrogen-bond donors (Lipinski definition) is 1. The van der Waals surface area contributed by atoms with Crippen molar-refractivity contribution in [3.8, 4) is 6.07 Å².